The number of benzene rings is 2. The molecule has 0 saturated carbocycles. The first-order chi connectivity index (χ1) is 11.3. The van der Waals surface area contributed by atoms with Crippen molar-refractivity contribution in [2.24, 2.45) is 5.73 Å². The van der Waals surface area contributed by atoms with Gasteiger partial charge < -0.3 is 19.9 Å². The maximum Gasteiger partial charge on any atom is 0.573 e. The van der Waals surface area contributed by atoms with Crippen molar-refractivity contribution in [2.75, 3.05) is 13.7 Å². The minimum atomic E-state index is -4.72. The Balaban J connectivity index is 0.00000312. The van der Waals surface area contributed by atoms with Crippen molar-refractivity contribution in [3.63, 3.8) is 0 Å². The van der Waals surface area contributed by atoms with Crippen LogP contribution >= 0.6 is 12.4 Å². The van der Waals surface area contributed by atoms with E-state index in [0.29, 0.717) is 23.7 Å². The smallest absolute Gasteiger partial charge is 0.493 e. The van der Waals surface area contributed by atoms with Crippen molar-refractivity contribution in [1.82, 2.24) is 0 Å². The molecule has 0 spiro atoms. The molecule has 0 bridgehead atoms. The van der Waals surface area contributed by atoms with Crippen LogP contribution in [-0.4, -0.2) is 20.1 Å². The number of hydrogen-bond donors (Lipinski definition) is 1. The van der Waals surface area contributed by atoms with Crippen LogP contribution in [0.4, 0.5) is 13.2 Å². The maximum atomic E-state index is 12.2. The molecule has 25 heavy (non-hydrogen) atoms. The van der Waals surface area contributed by atoms with E-state index in [4.69, 9.17) is 15.2 Å². The Labute approximate surface area is 150 Å². The van der Waals surface area contributed by atoms with Gasteiger partial charge in [-0.05, 0) is 42.3 Å². The fraction of sp³-hybridized carbons (Fsp3) is 0.294. The minimum Gasteiger partial charge on any atom is -0.493 e. The summed E-state index contributed by atoms with van der Waals surface area (Å²) in [7, 11) is 1.52. The number of rotatable bonds is 6. The second kappa shape index (κ2) is 8.82. The van der Waals surface area contributed by atoms with Gasteiger partial charge in [-0.3, -0.25) is 0 Å². The van der Waals surface area contributed by atoms with Crippen LogP contribution in [0.25, 0.3) is 0 Å². The molecule has 4 nitrogen and oxygen atoms in total. The van der Waals surface area contributed by atoms with E-state index in [1.165, 1.54) is 31.4 Å². The highest BCUT2D eigenvalue weighted by Crippen LogP contribution is 2.32. The van der Waals surface area contributed by atoms with Crippen LogP contribution in [0.1, 0.15) is 24.1 Å². The molecule has 0 radical (unpaired) electrons. The van der Waals surface area contributed by atoms with E-state index in [-0.39, 0.29) is 18.2 Å². The Morgan fingerprint density at radius 2 is 1.60 bits per heavy atom. The normalized spacial score (nSPS) is 12.1. The molecule has 0 heterocycles. The van der Waals surface area contributed by atoms with Gasteiger partial charge in [-0.1, -0.05) is 18.2 Å². The van der Waals surface area contributed by atoms with Gasteiger partial charge in [0.1, 0.15) is 5.75 Å². The van der Waals surface area contributed by atoms with Gasteiger partial charge in [0.25, 0.3) is 0 Å². The molecule has 138 valence electrons. The number of nitrogens with two attached hydrogens (primary N) is 1. The standard InChI is InChI=1S/C17H18F3NO3.ClH/c1-3-23-14-9-6-12(10-15(14)22-2)16(21)11-4-7-13(8-5-11)24-17(18,19)20;/h4-10,16H,3,21H2,1-2H3;1H/t16-;/m1./s1. The number of alkyl halides is 3. The lowest BCUT2D eigenvalue weighted by atomic mass is 9.99. The van der Waals surface area contributed by atoms with Crippen LogP contribution < -0.4 is 19.9 Å². The van der Waals surface area contributed by atoms with Gasteiger partial charge in [-0.15, -0.1) is 25.6 Å². The van der Waals surface area contributed by atoms with Gasteiger partial charge in [0.2, 0.25) is 0 Å². The molecule has 0 aliphatic carbocycles. The van der Waals surface area contributed by atoms with Crippen LogP contribution in [0.3, 0.4) is 0 Å². The highest BCUT2D eigenvalue weighted by Gasteiger charge is 2.31. The third-order valence-electron chi connectivity index (χ3n) is 3.32. The summed E-state index contributed by atoms with van der Waals surface area (Å²) < 4.78 is 51.1. The highest BCUT2D eigenvalue weighted by molar-refractivity contribution is 5.85. The van der Waals surface area contributed by atoms with Crippen LogP contribution in [0, 0.1) is 0 Å². The molecular weight excluding hydrogens is 359 g/mol. The molecule has 2 rings (SSSR count). The molecule has 1 atom stereocenters. The van der Waals surface area contributed by atoms with Crippen molar-refractivity contribution in [3.05, 3.63) is 53.6 Å². The molecule has 0 fully saturated rings. The Morgan fingerprint density at radius 3 is 2.12 bits per heavy atom. The summed E-state index contributed by atoms with van der Waals surface area (Å²) in [5.41, 5.74) is 7.58. The van der Waals surface area contributed by atoms with E-state index in [9.17, 15) is 13.2 Å². The van der Waals surface area contributed by atoms with Crippen molar-refractivity contribution in [2.45, 2.75) is 19.3 Å². The molecule has 0 aliphatic rings. The second-order valence-electron chi connectivity index (χ2n) is 4.94. The zero-order valence-electron chi connectivity index (χ0n) is 13.7. The number of halogens is 4. The van der Waals surface area contributed by atoms with E-state index in [0.717, 1.165) is 5.56 Å². The van der Waals surface area contributed by atoms with Crippen LogP contribution in [0.2, 0.25) is 0 Å². The number of methoxy groups -OCH3 is 1. The summed E-state index contributed by atoms with van der Waals surface area (Å²) in [5, 5.41) is 0. The number of hydrogen-bond acceptors (Lipinski definition) is 4. The Morgan fingerprint density at radius 1 is 1.00 bits per heavy atom. The highest BCUT2D eigenvalue weighted by atomic mass is 35.5. The topological polar surface area (TPSA) is 53.7 Å². The molecule has 0 unspecified atom stereocenters. The minimum absolute atomic E-state index is 0. The molecular formula is C17H19ClF3NO3. The van der Waals surface area contributed by atoms with Crippen LogP contribution in [0.5, 0.6) is 17.2 Å². The molecule has 0 aromatic heterocycles. The first kappa shape index (κ1) is 20.9. The SMILES string of the molecule is CCOc1ccc([C@H](N)c2ccc(OC(F)(F)F)cc2)cc1OC.Cl. The predicted octanol–water partition coefficient (Wildman–Crippen LogP) is 4.46. The van der Waals surface area contributed by atoms with E-state index in [2.05, 4.69) is 4.74 Å². The largest absolute Gasteiger partial charge is 0.573 e. The summed E-state index contributed by atoms with van der Waals surface area (Å²) in [5.74, 6) is 0.856. The van der Waals surface area contributed by atoms with Gasteiger partial charge in [0, 0.05) is 0 Å². The van der Waals surface area contributed by atoms with Crippen molar-refractivity contribution >= 4 is 12.4 Å². The molecule has 0 amide bonds. The van der Waals surface area contributed by atoms with Gasteiger partial charge in [0.15, 0.2) is 11.5 Å². The summed E-state index contributed by atoms with van der Waals surface area (Å²) in [6, 6.07) is 10.2. The van der Waals surface area contributed by atoms with Gasteiger partial charge in [-0.2, -0.15) is 0 Å². The van der Waals surface area contributed by atoms with E-state index < -0.39 is 12.4 Å². The van der Waals surface area contributed by atoms with E-state index in [1.807, 2.05) is 6.92 Å². The Hall–Kier alpha value is -2.12. The first-order valence-electron chi connectivity index (χ1n) is 7.26. The van der Waals surface area contributed by atoms with Gasteiger partial charge in [-0.25, -0.2) is 0 Å². The zero-order chi connectivity index (χ0) is 17.7. The van der Waals surface area contributed by atoms with Gasteiger partial charge in [0.05, 0.1) is 19.8 Å². The van der Waals surface area contributed by atoms with Crippen LogP contribution in [-0.2, 0) is 0 Å². The maximum absolute atomic E-state index is 12.2. The Bertz CT molecular complexity index is 678. The van der Waals surface area contributed by atoms with Crippen molar-refractivity contribution in [1.29, 1.82) is 0 Å². The lowest BCUT2D eigenvalue weighted by molar-refractivity contribution is -0.274. The van der Waals surface area contributed by atoms with E-state index >= 15 is 0 Å². The molecule has 8 heteroatoms. The summed E-state index contributed by atoms with van der Waals surface area (Å²) in [6.45, 7) is 2.37. The summed E-state index contributed by atoms with van der Waals surface area (Å²) in [6.07, 6.45) is -4.72. The lowest BCUT2D eigenvalue weighted by Gasteiger charge is -2.16. The molecule has 0 saturated heterocycles. The molecule has 2 N–H and O–H groups in total. The monoisotopic (exact) mass is 377 g/mol. The second-order valence-corrected chi connectivity index (χ2v) is 4.94. The predicted molar refractivity (Wildman–Crippen MR) is 90.6 cm³/mol. The Kier molecular flexibility index (Phi) is 7.38. The average molecular weight is 378 g/mol. The first-order valence-corrected chi connectivity index (χ1v) is 7.26. The average Bonchev–Trinajstić information content (AvgIpc) is 2.54. The third kappa shape index (κ3) is 5.72. The van der Waals surface area contributed by atoms with Crippen molar-refractivity contribution in [3.8, 4) is 17.2 Å². The fourth-order valence-corrected chi connectivity index (χ4v) is 2.22. The molecule has 2 aromatic rings. The summed E-state index contributed by atoms with van der Waals surface area (Å²) in [4.78, 5) is 0. The molecule has 2 aromatic carbocycles. The summed E-state index contributed by atoms with van der Waals surface area (Å²) >= 11 is 0. The third-order valence-corrected chi connectivity index (χ3v) is 3.32. The molecule has 0 aliphatic heterocycles. The van der Waals surface area contributed by atoms with E-state index in [1.54, 1.807) is 18.2 Å². The lowest BCUT2D eigenvalue weighted by Crippen LogP contribution is -2.17. The fourth-order valence-electron chi connectivity index (χ4n) is 2.22. The number of ether oxygens (including phenoxy) is 3. The quantitative estimate of drug-likeness (QED) is 0.807. The van der Waals surface area contributed by atoms with Crippen LogP contribution in [0.15, 0.2) is 42.5 Å². The van der Waals surface area contributed by atoms with Crippen molar-refractivity contribution < 1.29 is 27.4 Å². The zero-order valence-corrected chi connectivity index (χ0v) is 14.5. The van der Waals surface area contributed by atoms with Gasteiger partial charge >= 0.3 is 6.36 Å².